The van der Waals surface area contributed by atoms with E-state index in [9.17, 15) is 9.90 Å². The molecule has 0 amide bonds. The van der Waals surface area contributed by atoms with Crippen molar-refractivity contribution in [2.45, 2.75) is 32.5 Å². The summed E-state index contributed by atoms with van der Waals surface area (Å²) in [7, 11) is 0. The van der Waals surface area contributed by atoms with Gasteiger partial charge in [0.1, 0.15) is 5.82 Å². The van der Waals surface area contributed by atoms with Gasteiger partial charge in [0.05, 0.1) is 29.6 Å². The summed E-state index contributed by atoms with van der Waals surface area (Å²) < 4.78 is 1.94. The molecular weight excluding hydrogens is 350 g/mol. The van der Waals surface area contributed by atoms with Crippen LogP contribution in [-0.2, 0) is 13.1 Å². The molecule has 0 spiro atoms. The van der Waals surface area contributed by atoms with Crippen molar-refractivity contribution in [3.05, 3.63) is 57.9 Å². The van der Waals surface area contributed by atoms with E-state index >= 15 is 0 Å². The Kier molecular flexibility index (Phi) is 4.52. The zero-order chi connectivity index (χ0) is 18.1. The number of hydrogen-bond donors (Lipinski definition) is 1. The van der Waals surface area contributed by atoms with E-state index in [2.05, 4.69) is 20.0 Å². The van der Waals surface area contributed by atoms with Gasteiger partial charge in [-0.05, 0) is 31.5 Å². The van der Waals surface area contributed by atoms with Gasteiger partial charge in [0.25, 0.3) is 0 Å². The molecule has 7 nitrogen and oxygen atoms in total. The van der Waals surface area contributed by atoms with Crippen LogP contribution in [0.3, 0.4) is 0 Å². The molecule has 0 aliphatic carbocycles. The minimum Gasteiger partial charge on any atom is -0.387 e. The number of thiazole rings is 1. The largest absolute Gasteiger partial charge is 0.387 e. The van der Waals surface area contributed by atoms with Crippen molar-refractivity contribution in [2.75, 3.05) is 11.4 Å². The van der Waals surface area contributed by atoms with Crippen LogP contribution >= 0.6 is 11.3 Å². The van der Waals surface area contributed by atoms with Crippen LogP contribution in [0.2, 0.25) is 0 Å². The summed E-state index contributed by atoms with van der Waals surface area (Å²) in [5, 5.41) is 16.5. The van der Waals surface area contributed by atoms with Gasteiger partial charge in [-0.15, -0.1) is 11.3 Å². The second-order valence-electron chi connectivity index (χ2n) is 6.28. The van der Waals surface area contributed by atoms with Crippen LogP contribution in [0.1, 0.15) is 46.2 Å². The minimum atomic E-state index is -0.597. The molecule has 0 fully saturated rings. The van der Waals surface area contributed by atoms with Gasteiger partial charge in [0.15, 0.2) is 5.01 Å². The van der Waals surface area contributed by atoms with Crippen molar-refractivity contribution >= 4 is 22.9 Å². The molecule has 1 atom stereocenters. The van der Waals surface area contributed by atoms with E-state index in [1.165, 1.54) is 11.3 Å². The van der Waals surface area contributed by atoms with Gasteiger partial charge in [-0.3, -0.25) is 9.48 Å². The molecular formula is C18H19N5O2S. The summed E-state index contributed by atoms with van der Waals surface area (Å²) in [6.45, 7) is 3.86. The first kappa shape index (κ1) is 16.9. The molecule has 4 rings (SSSR count). The summed E-state index contributed by atoms with van der Waals surface area (Å²) in [4.78, 5) is 23.6. The molecule has 1 aliphatic heterocycles. The van der Waals surface area contributed by atoms with E-state index in [1.807, 2.05) is 10.7 Å². The molecule has 26 heavy (non-hydrogen) atoms. The van der Waals surface area contributed by atoms with Crippen molar-refractivity contribution in [1.29, 1.82) is 0 Å². The number of aromatic nitrogens is 4. The first-order valence-corrected chi connectivity index (χ1v) is 9.40. The third kappa shape index (κ3) is 3.13. The van der Waals surface area contributed by atoms with Gasteiger partial charge in [-0.2, -0.15) is 5.10 Å². The lowest BCUT2D eigenvalue weighted by molar-refractivity contribution is 0.103. The number of aliphatic hydroxyl groups is 1. The van der Waals surface area contributed by atoms with E-state index in [4.69, 9.17) is 0 Å². The second-order valence-corrected chi connectivity index (χ2v) is 7.17. The zero-order valence-electron chi connectivity index (χ0n) is 14.4. The third-order valence-corrected chi connectivity index (χ3v) is 5.19. The van der Waals surface area contributed by atoms with Gasteiger partial charge in [0, 0.05) is 30.9 Å². The molecule has 1 aliphatic rings. The zero-order valence-corrected chi connectivity index (χ0v) is 15.2. The Morgan fingerprint density at radius 2 is 2.19 bits per heavy atom. The number of hydrogen-bond acceptors (Lipinski definition) is 7. The highest BCUT2D eigenvalue weighted by Gasteiger charge is 2.24. The van der Waals surface area contributed by atoms with Crippen LogP contribution in [0.4, 0.5) is 5.82 Å². The monoisotopic (exact) mass is 369 g/mol. The van der Waals surface area contributed by atoms with Crippen LogP contribution in [0.15, 0.2) is 36.0 Å². The average Bonchev–Trinajstić information content (AvgIpc) is 3.27. The fraction of sp³-hybridized carbons (Fsp3) is 0.333. The highest BCUT2D eigenvalue weighted by atomic mass is 32.1. The number of carbonyl (C=O) groups excluding carboxylic acids is 1. The molecule has 4 heterocycles. The molecule has 3 aromatic heterocycles. The summed E-state index contributed by atoms with van der Waals surface area (Å²) >= 11 is 1.33. The lowest BCUT2D eigenvalue weighted by Gasteiger charge is -2.23. The predicted molar refractivity (Wildman–Crippen MR) is 98.3 cm³/mol. The summed E-state index contributed by atoms with van der Waals surface area (Å²) in [5.41, 5.74) is 2.24. The Labute approximate surface area is 154 Å². The standard InChI is InChI=1S/C18H19N5O2S/c1-12(24)15-10-13-11-22(7-3-8-23(13)21-15)17-14(4-2-5-19-17)16(25)18-20-6-9-26-18/h2,4-6,9-10,12,24H,3,7-8,11H2,1H3/t12-/m0/s1. The fourth-order valence-electron chi connectivity index (χ4n) is 3.15. The normalized spacial score (nSPS) is 15.4. The number of ketones is 1. The van der Waals surface area contributed by atoms with E-state index in [0.717, 1.165) is 25.2 Å². The van der Waals surface area contributed by atoms with E-state index in [-0.39, 0.29) is 5.78 Å². The molecule has 0 saturated carbocycles. The Morgan fingerprint density at radius 1 is 1.31 bits per heavy atom. The molecule has 0 radical (unpaired) electrons. The smallest absolute Gasteiger partial charge is 0.225 e. The molecule has 1 N–H and O–H groups in total. The van der Waals surface area contributed by atoms with E-state index in [1.54, 1.807) is 36.8 Å². The van der Waals surface area contributed by atoms with E-state index in [0.29, 0.717) is 28.6 Å². The molecule has 0 bridgehead atoms. The first-order valence-electron chi connectivity index (χ1n) is 8.52. The average molecular weight is 369 g/mol. The van der Waals surface area contributed by atoms with Gasteiger partial charge in [-0.25, -0.2) is 9.97 Å². The number of aryl methyl sites for hydroxylation is 1. The second kappa shape index (κ2) is 6.97. The number of nitrogens with zero attached hydrogens (tertiary/aromatic N) is 5. The maximum atomic E-state index is 12.8. The quantitative estimate of drug-likeness (QED) is 0.711. The van der Waals surface area contributed by atoms with Gasteiger partial charge >= 0.3 is 0 Å². The first-order chi connectivity index (χ1) is 12.6. The lowest BCUT2D eigenvalue weighted by Crippen LogP contribution is -2.26. The van der Waals surface area contributed by atoms with E-state index < -0.39 is 6.10 Å². The van der Waals surface area contributed by atoms with Crippen LogP contribution in [0.5, 0.6) is 0 Å². The number of rotatable bonds is 4. The summed E-state index contributed by atoms with van der Waals surface area (Å²) in [6.07, 6.45) is 3.63. The highest BCUT2D eigenvalue weighted by Crippen LogP contribution is 2.26. The van der Waals surface area contributed by atoms with Crippen LogP contribution < -0.4 is 4.90 Å². The van der Waals surface area contributed by atoms with Crippen molar-refractivity contribution in [2.24, 2.45) is 0 Å². The Balaban J connectivity index is 1.68. The molecule has 134 valence electrons. The lowest BCUT2D eigenvalue weighted by atomic mass is 10.1. The highest BCUT2D eigenvalue weighted by molar-refractivity contribution is 7.11. The van der Waals surface area contributed by atoms with Gasteiger partial charge in [-0.1, -0.05) is 0 Å². The van der Waals surface area contributed by atoms with Gasteiger partial charge < -0.3 is 10.0 Å². The topological polar surface area (TPSA) is 84.1 Å². The maximum Gasteiger partial charge on any atom is 0.225 e. The van der Waals surface area contributed by atoms with Gasteiger partial charge in [0.2, 0.25) is 5.78 Å². The minimum absolute atomic E-state index is 0.106. The molecule has 3 aromatic rings. The van der Waals surface area contributed by atoms with Crippen LogP contribution in [0.25, 0.3) is 0 Å². The molecule has 0 aromatic carbocycles. The van der Waals surface area contributed by atoms with Crippen LogP contribution in [-0.4, -0.2) is 37.2 Å². The molecule has 8 heteroatoms. The SMILES string of the molecule is C[C@H](O)c1cc2n(n1)CCCN(c1ncccc1C(=O)c1nccs1)C2. The fourth-order valence-corrected chi connectivity index (χ4v) is 3.74. The summed E-state index contributed by atoms with van der Waals surface area (Å²) in [5.74, 6) is 0.562. The Hall–Kier alpha value is -2.58. The Bertz CT molecular complexity index is 920. The van der Waals surface area contributed by atoms with Crippen molar-refractivity contribution < 1.29 is 9.90 Å². The van der Waals surface area contributed by atoms with Crippen molar-refractivity contribution in [1.82, 2.24) is 19.7 Å². The van der Waals surface area contributed by atoms with Crippen molar-refractivity contribution in [3.8, 4) is 0 Å². The third-order valence-electron chi connectivity index (χ3n) is 4.42. The maximum absolute atomic E-state index is 12.8. The van der Waals surface area contributed by atoms with Crippen molar-refractivity contribution in [3.63, 3.8) is 0 Å². The number of pyridine rings is 1. The van der Waals surface area contributed by atoms with Crippen LogP contribution in [0, 0.1) is 0 Å². The summed E-state index contributed by atoms with van der Waals surface area (Å²) in [6, 6.07) is 5.50. The number of carbonyl (C=O) groups is 1. The number of anilines is 1. The number of fused-ring (bicyclic) bond motifs is 1. The number of aliphatic hydroxyl groups excluding tert-OH is 1. The molecule has 0 saturated heterocycles. The Morgan fingerprint density at radius 3 is 2.96 bits per heavy atom. The predicted octanol–water partition coefficient (Wildman–Crippen LogP) is 2.43. The molecule has 0 unspecified atom stereocenters.